The summed E-state index contributed by atoms with van der Waals surface area (Å²) in [5.41, 5.74) is 0.493. The third-order valence-corrected chi connectivity index (χ3v) is 4.72. The van der Waals surface area contributed by atoms with Crippen LogP contribution in [-0.4, -0.2) is 24.7 Å². The number of benzene rings is 2. The molecule has 0 aliphatic rings. The minimum absolute atomic E-state index is 0.199. The molecule has 0 saturated carbocycles. The Hall–Kier alpha value is -2.74. The van der Waals surface area contributed by atoms with Gasteiger partial charge in [-0.3, -0.25) is 4.79 Å². The number of carbonyl (C=O) groups is 1. The van der Waals surface area contributed by atoms with Crippen molar-refractivity contribution in [1.82, 2.24) is 4.57 Å². The smallest absolute Gasteiger partial charge is 0.279 e. The van der Waals surface area contributed by atoms with E-state index >= 15 is 0 Å². The SMILES string of the molecule is COc1ccc(C(=O)N=c2sc3cc(F)cc(F)c3n2C)cc1OC. The Morgan fingerprint density at radius 2 is 1.84 bits per heavy atom. The Kier molecular flexibility index (Phi) is 4.54. The fraction of sp³-hybridized carbons (Fsp3) is 0.176. The molecule has 0 fully saturated rings. The van der Waals surface area contributed by atoms with Crippen molar-refractivity contribution in [2.45, 2.75) is 0 Å². The molecular weight excluding hydrogens is 350 g/mol. The second kappa shape index (κ2) is 6.64. The molecule has 0 N–H and O–H groups in total. The summed E-state index contributed by atoms with van der Waals surface area (Å²) in [5, 5.41) is 0. The van der Waals surface area contributed by atoms with Crippen LogP contribution in [0, 0.1) is 11.6 Å². The molecule has 0 atom stereocenters. The molecule has 0 unspecified atom stereocenters. The highest BCUT2D eigenvalue weighted by Gasteiger charge is 2.13. The summed E-state index contributed by atoms with van der Waals surface area (Å²) in [5.74, 6) is -1.01. The van der Waals surface area contributed by atoms with E-state index in [2.05, 4.69) is 4.99 Å². The van der Waals surface area contributed by atoms with Crippen molar-refractivity contribution in [2.24, 2.45) is 12.0 Å². The van der Waals surface area contributed by atoms with Gasteiger partial charge in [-0.2, -0.15) is 4.99 Å². The molecule has 0 aliphatic heterocycles. The van der Waals surface area contributed by atoms with Crippen LogP contribution >= 0.6 is 11.3 Å². The lowest BCUT2D eigenvalue weighted by atomic mass is 10.2. The van der Waals surface area contributed by atoms with Crippen LogP contribution in [0.3, 0.4) is 0 Å². The predicted molar refractivity (Wildman–Crippen MR) is 90.2 cm³/mol. The number of hydrogen-bond donors (Lipinski definition) is 0. The van der Waals surface area contributed by atoms with E-state index in [-0.39, 0.29) is 10.3 Å². The molecule has 3 aromatic rings. The van der Waals surface area contributed by atoms with Gasteiger partial charge in [0.25, 0.3) is 5.91 Å². The number of hydrogen-bond acceptors (Lipinski definition) is 4. The van der Waals surface area contributed by atoms with Gasteiger partial charge >= 0.3 is 0 Å². The zero-order valence-corrected chi connectivity index (χ0v) is 14.5. The third-order valence-electron chi connectivity index (χ3n) is 3.64. The number of methoxy groups -OCH3 is 2. The molecule has 0 spiro atoms. The van der Waals surface area contributed by atoms with Crippen molar-refractivity contribution < 1.29 is 23.0 Å². The number of aryl methyl sites for hydroxylation is 1. The highest BCUT2D eigenvalue weighted by Crippen LogP contribution is 2.28. The van der Waals surface area contributed by atoms with Gasteiger partial charge in [0.15, 0.2) is 22.1 Å². The van der Waals surface area contributed by atoms with Crippen molar-refractivity contribution in [3.63, 3.8) is 0 Å². The molecule has 25 heavy (non-hydrogen) atoms. The van der Waals surface area contributed by atoms with Crippen molar-refractivity contribution in [3.8, 4) is 11.5 Å². The number of fused-ring (bicyclic) bond motifs is 1. The highest BCUT2D eigenvalue weighted by molar-refractivity contribution is 7.16. The Bertz CT molecular complexity index is 1040. The lowest BCUT2D eigenvalue weighted by Crippen LogP contribution is -2.14. The summed E-state index contributed by atoms with van der Waals surface area (Å²) in [6.45, 7) is 0. The first kappa shape index (κ1) is 17.1. The third kappa shape index (κ3) is 3.12. The lowest BCUT2D eigenvalue weighted by molar-refractivity contribution is 0.0997. The van der Waals surface area contributed by atoms with Crippen molar-refractivity contribution in [2.75, 3.05) is 14.2 Å². The van der Waals surface area contributed by atoms with Gasteiger partial charge in [-0.25, -0.2) is 8.78 Å². The summed E-state index contributed by atoms with van der Waals surface area (Å²) >= 11 is 1.03. The number of amides is 1. The molecule has 2 aromatic carbocycles. The van der Waals surface area contributed by atoms with Gasteiger partial charge in [0.1, 0.15) is 5.82 Å². The second-order valence-electron chi connectivity index (χ2n) is 5.16. The average molecular weight is 364 g/mol. The molecule has 1 heterocycles. The summed E-state index contributed by atoms with van der Waals surface area (Å²) in [6, 6.07) is 6.68. The molecule has 0 bridgehead atoms. The van der Waals surface area contributed by atoms with Crippen LogP contribution in [-0.2, 0) is 7.05 Å². The summed E-state index contributed by atoms with van der Waals surface area (Å²) in [4.78, 5) is 16.7. The minimum Gasteiger partial charge on any atom is -0.493 e. The fourth-order valence-electron chi connectivity index (χ4n) is 2.43. The van der Waals surface area contributed by atoms with Gasteiger partial charge in [-0.05, 0) is 24.3 Å². The minimum atomic E-state index is -0.700. The van der Waals surface area contributed by atoms with E-state index in [0.717, 1.165) is 17.4 Å². The van der Waals surface area contributed by atoms with Crippen molar-refractivity contribution >= 4 is 27.5 Å². The Labute approximate surface area is 145 Å². The molecule has 1 amide bonds. The number of halogens is 2. The Balaban J connectivity index is 2.09. The monoisotopic (exact) mass is 364 g/mol. The number of rotatable bonds is 3. The van der Waals surface area contributed by atoms with Crippen LogP contribution in [0.15, 0.2) is 35.3 Å². The Morgan fingerprint density at radius 1 is 1.12 bits per heavy atom. The van der Waals surface area contributed by atoms with Crippen molar-refractivity contribution in [1.29, 1.82) is 0 Å². The van der Waals surface area contributed by atoms with E-state index in [1.165, 1.54) is 30.9 Å². The van der Waals surface area contributed by atoms with E-state index in [4.69, 9.17) is 9.47 Å². The highest BCUT2D eigenvalue weighted by atomic mass is 32.1. The number of ether oxygens (including phenoxy) is 2. The van der Waals surface area contributed by atoms with Gasteiger partial charge in [0.05, 0.1) is 24.4 Å². The van der Waals surface area contributed by atoms with Crippen LogP contribution in [0.2, 0.25) is 0 Å². The van der Waals surface area contributed by atoms with Crippen LogP contribution < -0.4 is 14.3 Å². The molecule has 0 saturated heterocycles. The summed E-state index contributed by atoms with van der Waals surface area (Å²) in [7, 11) is 4.53. The van der Waals surface area contributed by atoms with E-state index in [0.29, 0.717) is 21.8 Å². The van der Waals surface area contributed by atoms with Gasteiger partial charge in [0, 0.05) is 18.7 Å². The standard InChI is InChI=1S/C17H14F2N2O3S/c1-21-15-11(19)7-10(18)8-14(15)25-17(21)20-16(22)9-4-5-12(23-2)13(6-9)24-3/h4-8H,1-3H3. The van der Waals surface area contributed by atoms with Crippen molar-refractivity contribution in [3.05, 3.63) is 52.3 Å². The first-order chi connectivity index (χ1) is 11.9. The lowest BCUT2D eigenvalue weighted by Gasteiger charge is -2.07. The number of nitrogens with zero attached hydrogens (tertiary/aromatic N) is 2. The quantitative estimate of drug-likeness (QED) is 0.717. The number of thiazole rings is 1. The molecule has 0 radical (unpaired) electrons. The van der Waals surface area contributed by atoms with E-state index in [9.17, 15) is 13.6 Å². The maximum atomic E-state index is 14.0. The summed E-state index contributed by atoms with van der Waals surface area (Å²) < 4.78 is 39.4. The molecule has 5 nitrogen and oxygen atoms in total. The topological polar surface area (TPSA) is 52.8 Å². The summed E-state index contributed by atoms with van der Waals surface area (Å²) in [6.07, 6.45) is 0. The molecule has 1 aromatic heterocycles. The normalized spacial score (nSPS) is 11.8. The number of aromatic nitrogens is 1. The van der Waals surface area contributed by atoms with Crippen LogP contribution in [0.1, 0.15) is 10.4 Å². The molecule has 3 rings (SSSR count). The Morgan fingerprint density at radius 3 is 2.52 bits per heavy atom. The number of carbonyl (C=O) groups excluding carboxylic acids is 1. The van der Waals surface area contributed by atoms with E-state index in [1.54, 1.807) is 19.2 Å². The van der Waals surface area contributed by atoms with Gasteiger partial charge in [-0.1, -0.05) is 11.3 Å². The van der Waals surface area contributed by atoms with Gasteiger partial charge < -0.3 is 14.0 Å². The zero-order valence-electron chi connectivity index (χ0n) is 13.7. The van der Waals surface area contributed by atoms with Crippen LogP contribution in [0.5, 0.6) is 11.5 Å². The first-order valence-corrected chi connectivity index (χ1v) is 8.02. The molecule has 130 valence electrons. The van der Waals surface area contributed by atoms with Crippen LogP contribution in [0.4, 0.5) is 8.78 Å². The van der Waals surface area contributed by atoms with Gasteiger partial charge in [-0.15, -0.1) is 0 Å². The van der Waals surface area contributed by atoms with Crippen LogP contribution in [0.25, 0.3) is 10.2 Å². The molecular formula is C17H14F2N2O3S. The molecule has 8 heteroatoms. The van der Waals surface area contributed by atoms with Gasteiger partial charge in [0.2, 0.25) is 0 Å². The maximum Gasteiger partial charge on any atom is 0.279 e. The maximum absolute atomic E-state index is 14.0. The van der Waals surface area contributed by atoms with E-state index < -0.39 is 17.5 Å². The fourth-order valence-corrected chi connectivity index (χ4v) is 3.48. The average Bonchev–Trinajstić information content (AvgIpc) is 2.89. The van der Waals surface area contributed by atoms with E-state index in [1.807, 2.05) is 0 Å². The zero-order chi connectivity index (χ0) is 18.1. The molecule has 0 aliphatic carbocycles. The first-order valence-electron chi connectivity index (χ1n) is 7.20. The predicted octanol–water partition coefficient (Wildman–Crippen LogP) is 3.28. The second-order valence-corrected chi connectivity index (χ2v) is 6.17. The largest absolute Gasteiger partial charge is 0.493 e.